The number of hydrogen-bond donors (Lipinski definition) is 2. The third-order valence-electron chi connectivity index (χ3n) is 6.58. The number of fused-ring (bicyclic) bond motifs is 1. The standard InChI is InChI=1S/C24H29BN4O3/c1-15-21-9-8-19(12-16(21)10-11-28(15)2)26-23(30)22-13-20(32-3)14-29(22)24(31)27-18-6-4-17(25)5-7-18/h4-9,12,15,20,22H,10-11,13-14H2,1-3H3,(H,26,30)(H,27,31)/t15-,20+,22+/m0/s1. The molecule has 2 aliphatic rings. The first-order chi connectivity index (χ1) is 15.4. The Morgan fingerprint density at radius 1 is 1.09 bits per heavy atom. The number of urea groups is 1. The molecule has 2 radical (unpaired) electrons. The highest BCUT2D eigenvalue weighted by molar-refractivity contribution is 6.32. The van der Waals surface area contributed by atoms with Crippen molar-refractivity contribution < 1.29 is 14.3 Å². The van der Waals surface area contributed by atoms with Gasteiger partial charge in [-0.25, -0.2) is 4.79 Å². The van der Waals surface area contributed by atoms with Crippen molar-refractivity contribution in [3.63, 3.8) is 0 Å². The molecule has 2 aromatic rings. The van der Waals surface area contributed by atoms with Crippen LogP contribution >= 0.6 is 0 Å². The molecule has 3 amide bonds. The molecule has 0 bridgehead atoms. The van der Waals surface area contributed by atoms with Crippen molar-refractivity contribution in [2.45, 2.75) is 38.0 Å². The molecule has 0 unspecified atom stereocenters. The van der Waals surface area contributed by atoms with Crippen LogP contribution in [0.15, 0.2) is 42.5 Å². The van der Waals surface area contributed by atoms with E-state index >= 15 is 0 Å². The van der Waals surface area contributed by atoms with Crippen molar-refractivity contribution >= 4 is 36.6 Å². The molecule has 8 heteroatoms. The molecule has 7 nitrogen and oxygen atoms in total. The zero-order valence-electron chi connectivity index (χ0n) is 18.8. The summed E-state index contributed by atoms with van der Waals surface area (Å²) in [5, 5.41) is 5.86. The molecule has 2 aromatic carbocycles. The number of carbonyl (C=O) groups excluding carboxylic acids is 2. The van der Waals surface area contributed by atoms with Gasteiger partial charge in [-0.3, -0.25) is 9.69 Å². The number of likely N-dealkylation sites (N-methyl/N-ethyl adjacent to an activating group) is 1. The Balaban J connectivity index is 1.47. The van der Waals surface area contributed by atoms with Gasteiger partial charge < -0.3 is 20.3 Å². The first-order valence-electron chi connectivity index (χ1n) is 11.0. The Hall–Kier alpha value is -2.84. The number of amides is 3. The molecule has 2 aliphatic heterocycles. The maximum atomic E-state index is 13.2. The maximum Gasteiger partial charge on any atom is 0.322 e. The summed E-state index contributed by atoms with van der Waals surface area (Å²) in [6.07, 6.45) is 1.21. The Kier molecular flexibility index (Phi) is 6.53. The zero-order valence-corrected chi connectivity index (χ0v) is 18.8. The molecular formula is C24H29BN4O3. The van der Waals surface area contributed by atoms with Crippen molar-refractivity contribution in [3.05, 3.63) is 53.6 Å². The lowest BCUT2D eigenvalue weighted by Gasteiger charge is -2.32. The van der Waals surface area contributed by atoms with Crippen molar-refractivity contribution in [2.75, 3.05) is 37.9 Å². The molecule has 0 saturated carbocycles. The van der Waals surface area contributed by atoms with E-state index in [9.17, 15) is 9.59 Å². The molecule has 4 rings (SSSR count). The predicted octanol–water partition coefficient (Wildman–Crippen LogP) is 2.29. The van der Waals surface area contributed by atoms with Gasteiger partial charge in [0.05, 0.1) is 6.10 Å². The van der Waals surface area contributed by atoms with E-state index in [2.05, 4.69) is 41.6 Å². The van der Waals surface area contributed by atoms with E-state index in [1.807, 2.05) is 6.07 Å². The van der Waals surface area contributed by atoms with Crippen LogP contribution in [0.3, 0.4) is 0 Å². The van der Waals surface area contributed by atoms with E-state index in [0.29, 0.717) is 30.2 Å². The minimum absolute atomic E-state index is 0.192. The van der Waals surface area contributed by atoms with Gasteiger partial charge in [0.1, 0.15) is 13.9 Å². The monoisotopic (exact) mass is 432 g/mol. The number of methoxy groups -OCH3 is 1. The molecule has 2 N–H and O–H groups in total. The molecule has 1 saturated heterocycles. The first kappa shape index (κ1) is 22.4. The number of ether oxygens (including phenoxy) is 1. The fourth-order valence-electron chi connectivity index (χ4n) is 4.46. The summed E-state index contributed by atoms with van der Waals surface area (Å²) < 4.78 is 5.46. The summed E-state index contributed by atoms with van der Waals surface area (Å²) in [6.45, 7) is 3.53. The number of nitrogens with one attached hydrogen (secondary N) is 2. The Labute approximate surface area is 190 Å². The highest BCUT2D eigenvalue weighted by Crippen LogP contribution is 2.30. The number of likely N-dealkylation sites (tertiary alicyclic amines) is 1. The molecule has 32 heavy (non-hydrogen) atoms. The van der Waals surface area contributed by atoms with Gasteiger partial charge in [0, 0.05) is 44.0 Å². The third kappa shape index (κ3) is 4.66. The van der Waals surface area contributed by atoms with Crippen LogP contribution in [0, 0.1) is 0 Å². The fourth-order valence-corrected chi connectivity index (χ4v) is 4.46. The molecule has 2 heterocycles. The van der Waals surface area contributed by atoms with E-state index in [0.717, 1.165) is 18.7 Å². The third-order valence-corrected chi connectivity index (χ3v) is 6.58. The van der Waals surface area contributed by atoms with E-state index in [-0.39, 0.29) is 18.0 Å². The van der Waals surface area contributed by atoms with Crippen LogP contribution in [0.25, 0.3) is 0 Å². The maximum absolute atomic E-state index is 13.2. The van der Waals surface area contributed by atoms with Crippen molar-refractivity contribution in [1.29, 1.82) is 0 Å². The Bertz CT molecular complexity index is 997. The molecular weight excluding hydrogens is 403 g/mol. The number of nitrogens with zero attached hydrogens (tertiary/aromatic N) is 2. The second-order valence-corrected chi connectivity index (χ2v) is 8.62. The van der Waals surface area contributed by atoms with Crippen LogP contribution in [-0.2, 0) is 16.0 Å². The topological polar surface area (TPSA) is 73.9 Å². The molecule has 0 aliphatic carbocycles. The summed E-state index contributed by atoms with van der Waals surface area (Å²) >= 11 is 0. The molecule has 0 spiro atoms. The normalized spacial score (nSPS) is 23.0. The van der Waals surface area contributed by atoms with E-state index in [1.54, 1.807) is 31.4 Å². The van der Waals surface area contributed by atoms with Crippen molar-refractivity contribution in [2.24, 2.45) is 0 Å². The van der Waals surface area contributed by atoms with E-state index in [1.165, 1.54) is 16.0 Å². The van der Waals surface area contributed by atoms with Crippen molar-refractivity contribution in [3.8, 4) is 0 Å². The smallest absolute Gasteiger partial charge is 0.322 e. The molecule has 1 fully saturated rings. The van der Waals surface area contributed by atoms with E-state index < -0.39 is 6.04 Å². The SMILES string of the molecule is [B]c1ccc(NC(=O)N2C[C@H](OC)C[C@@H]2C(=O)Nc2ccc3c(c2)CCN(C)[C@H]3C)cc1. The number of anilines is 2. The van der Waals surface area contributed by atoms with Gasteiger partial charge >= 0.3 is 6.03 Å². The van der Waals surface area contributed by atoms with Crippen LogP contribution in [0.4, 0.5) is 16.2 Å². The van der Waals surface area contributed by atoms with Crippen LogP contribution in [0.5, 0.6) is 0 Å². The summed E-state index contributed by atoms with van der Waals surface area (Å²) in [5.41, 5.74) is 4.55. The average molecular weight is 432 g/mol. The lowest BCUT2D eigenvalue weighted by Crippen LogP contribution is -2.45. The molecule has 3 atom stereocenters. The second kappa shape index (κ2) is 9.34. The lowest BCUT2D eigenvalue weighted by molar-refractivity contribution is -0.119. The first-order valence-corrected chi connectivity index (χ1v) is 11.0. The van der Waals surface area contributed by atoms with Gasteiger partial charge in [0.15, 0.2) is 0 Å². The summed E-state index contributed by atoms with van der Waals surface area (Å²) in [7, 11) is 9.44. The highest BCUT2D eigenvalue weighted by Gasteiger charge is 2.40. The quantitative estimate of drug-likeness (QED) is 0.728. The van der Waals surface area contributed by atoms with Crippen LogP contribution < -0.4 is 16.1 Å². The van der Waals surface area contributed by atoms with Gasteiger partial charge in [-0.05, 0) is 55.8 Å². The minimum atomic E-state index is -0.616. The Morgan fingerprint density at radius 3 is 2.53 bits per heavy atom. The van der Waals surface area contributed by atoms with Gasteiger partial charge in [0.25, 0.3) is 0 Å². The molecule has 0 aromatic heterocycles. The van der Waals surface area contributed by atoms with Gasteiger partial charge in [-0.2, -0.15) is 0 Å². The van der Waals surface area contributed by atoms with Crippen LogP contribution in [0.2, 0.25) is 0 Å². The largest absolute Gasteiger partial charge is 0.380 e. The fraction of sp³-hybridized carbons (Fsp3) is 0.417. The number of benzene rings is 2. The second-order valence-electron chi connectivity index (χ2n) is 8.62. The summed E-state index contributed by atoms with van der Waals surface area (Å²) in [6, 6.07) is 12.4. The molecule has 166 valence electrons. The average Bonchev–Trinajstić information content (AvgIpc) is 3.23. The minimum Gasteiger partial charge on any atom is -0.380 e. The van der Waals surface area contributed by atoms with Crippen LogP contribution in [0.1, 0.15) is 30.5 Å². The number of hydrogen-bond acceptors (Lipinski definition) is 4. The van der Waals surface area contributed by atoms with Gasteiger partial charge in [0.2, 0.25) is 5.91 Å². The number of rotatable bonds is 4. The highest BCUT2D eigenvalue weighted by atomic mass is 16.5. The number of carbonyl (C=O) groups is 2. The van der Waals surface area contributed by atoms with Gasteiger partial charge in [-0.15, -0.1) is 0 Å². The zero-order chi connectivity index (χ0) is 22.8. The van der Waals surface area contributed by atoms with E-state index in [4.69, 9.17) is 12.6 Å². The summed E-state index contributed by atoms with van der Waals surface area (Å²) in [5.74, 6) is -0.210. The summed E-state index contributed by atoms with van der Waals surface area (Å²) in [4.78, 5) is 29.9. The Morgan fingerprint density at radius 2 is 1.81 bits per heavy atom. The lowest BCUT2D eigenvalue weighted by atomic mass is 9.93. The predicted molar refractivity (Wildman–Crippen MR) is 127 cm³/mol. The van der Waals surface area contributed by atoms with Gasteiger partial charge in [-0.1, -0.05) is 23.7 Å². The van der Waals surface area contributed by atoms with Crippen LogP contribution in [-0.4, -0.2) is 69.0 Å². The van der Waals surface area contributed by atoms with Crippen molar-refractivity contribution in [1.82, 2.24) is 9.80 Å².